The Morgan fingerprint density at radius 2 is 2.00 bits per heavy atom. The van der Waals surface area contributed by atoms with Crippen LogP contribution in [-0.2, 0) is 12.7 Å². The Labute approximate surface area is 151 Å². The molecule has 0 atom stereocenters. The molecule has 1 aliphatic rings. The van der Waals surface area contributed by atoms with Crippen molar-refractivity contribution in [2.45, 2.75) is 19.1 Å². The van der Waals surface area contributed by atoms with Gasteiger partial charge < -0.3 is 0 Å². The van der Waals surface area contributed by atoms with Crippen molar-refractivity contribution in [3.8, 4) is 6.07 Å². The Balaban J connectivity index is 1.88. The van der Waals surface area contributed by atoms with E-state index in [1.807, 2.05) is 12.1 Å². The van der Waals surface area contributed by atoms with Gasteiger partial charge in [-0.2, -0.15) is 18.4 Å². The van der Waals surface area contributed by atoms with E-state index < -0.39 is 11.7 Å². The normalized spacial score (nSPS) is 15.1. The number of allylic oxidation sites excluding steroid dienone is 1. The molecule has 0 N–H and O–H groups in total. The Hall–Kier alpha value is -3.40. The van der Waals surface area contributed by atoms with Gasteiger partial charge in [0, 0.05) is 6.54 Å². The summed E-state index contributed by atoms with van der Waals surface area (Å²) < 4.78 is 40.4. The zero-order valence-electron chi connectivity index (χ0n) is 13.9. The Morgan fingerprint density at radius 1 is 1.19 bits per heavy atom. The van der Waals surface area contributed by atoms with Gasteiger partial charge in [0.2, 0.25) is 0 Å². The first kappa shape index (κ1) is 17.0. The number of hydrogen-bond donors (Lipinski definition) is 0. The molecule has 4 rings (SSSR count). The molecule has 0 saturated carbocycles. The van der Waals surface area contributed by atoms with Crippen LogP contribution in [0.3, 0.4) is 0 Å². The van der Waals surface area contributed by atoms with Gasteiger partial charge in [-0.3, -0.25) is 9.36 Å². The maximum absolute atomic E-state index is 13.0. The van der Waals surface area contributed by atoms with Crippen molar-refractivity contribution in [3.05, 3.63) is 75.3 Å². The summed E-state index contributed by atoms with van der Waals surface area (Å²) in [5, 5.41) is 9.17. The molecule has 0 unspecified atom stereocenters. The van der Waals surface area contributed by atoms with E-state index in [2.05, 4.69) is 11.1 Å². The molecule has 0 bridgehead atoms. The van der Waals surface area contributed by atoms with Gasteiger partial charge in [0.15, 0.2) is 0 Å². The van der Waals surface area contributed by atoms with Crippen LogP contribution in [0.15, 0.2) is 47.3 Å². The second-order valence-corrected chi connectivity index (χ2v) is 6.28. The summed E-state index contributed by atoms with van der Waals surface area (Å²) >= 11 is 0. The number of halogens is 3. The van der Waals surface area contributed by atoms with Gasteiger partial charge in [-0.25, -0.2) is 4.98 Å². The number of fused-ring (bicyclic) bond motifs is 2. The number of alkyl halides is 3. The largest absolute Gasteiger partial charge is 0.416 e. The fourth-order valence-corrected chi connectivity index (χ4v) is 3.23. The molecule has 1 aliphatic heterocycles. The van der Waals surface area contributed by atoms with E-state index in [0.29, 0.717) is 24.4 Å². The fourth-order valence-electron chi connectivity index (χ4n) is 3.23. The first-order chi connectivity index (χ1) is 12.9. The second kappa shape index (κ2) is 6.09. The number of nitriles is 1. The molecule has 3 aromatic rings. The molecule has 0 saturated heterocycles. The summed E-state index contributed by atoms with van der Waals surface area (Å²) in [5.74, 6) is 0.370. The van der Waals surface area contributed by atoms with Crippen molar-refractivity contribution in [3.63, 3.8) is 0 Å². The number of hydrogen-bond acceptors (Lipinski definition) is 3. The van der Waals surface area contributed by atoms with Crippen LogP contribution in [0, 0.1) is 11.3 Å². The third kappa shape index (κ3) is 2.99. The van der Waals surface area contributed by atoms with Gasteiger partial charge in [0.05, 0.1) is 28.1 Å². The van der Waals surface area contributed by atoms with Crippen LogP contribution in [0.2, 0.25) is 0 Å². The first-order valence-corrected chi connectivity index (χ1v) is 8.20. The molecule has 4 nitrogen and oxygen atoms in total. The molecule has 134 valence electrons. The molecule has 0 aliphatic carbocycles. The average molecular weight is 367 g/mol. The molecule has 0 amide bonds. The van der Waals surface area contributed by atoms with Crippen LogP contribution in [-0.4, -0.2) is 9.55 Å². The monoisotopic (exact) mass is 367 g/mol. The van der Waals surface area contributed by atoms with Crippen molar-refractivity contribution in [1.29, 1.82) is 5.26 Å². The van der Waals surface area contributed by atoms with Gasteiger partial charge in [-0.1, -0.05) is 12.1 Å². The van der Waals surface area contributed by atoms with Gasteiger partial charge in [-0.05, 0) is 54.0 Å². The minimum absolute atomic E-state index is 0.0275. The number of benzene rings is 2. The van der Waals surface area contributed by atoms with Crippen LogP contribution in [0.25, 0.3) is 22.6 Å². The molecule has 0 radical (unpaired) electrons. The lowest BCUT2D eigenvalue weighted by atomic mass is 10.1. The Morgan fingerprint density at radius 3 is 2.74 bits per heavy atom. The highest BCUT2D eigenvalue weighted by molar-refractivity contribution is 5.85. The van der Waals surface area contributed by atoms with Crippen molar-refractivity contribution in [2.75, 3.05) is 0 Å². The Bertz CT molecular complexity index is 1200. The van der Waals surface area contributed by atoms with E-state index in [0.717, 1.165) is 23.3 Å². The zero-order valence-corrected chi connectivity index (χ0v) is 13.9. The van der Waals surface area contributed by atoms with E-state index in [9.17, 15) is 18.0 Å². The highest BCUT2D eigenvalue weighted by atomic mass is 19.4. The van der Waals surface area contributed by atoms with Crippen LogP contribution >= 0.6 is 0 Å². The van der Waals surface area contributed by atoms with Gasteiger partial charge >= 0.3 is 6.18 Å². The molecule has 2 aromatic carbocycles. The molecular weight excluding hydrogens is 355 g/mol. The lowest BCUT2D eigenvalue weighted by Crippen LogP contribution is -2.21. The van der Waals surface area contributed by atoms with Crippen molar-refractivity contribution in [2.24, 2.45) is 0 Å². The van der Waals surface area contributed by atoms with E-state index in [1.54, 1.807) is 18.2 Å². The summed E-state index contributed by atoms with van der Waals surface area (Å²) in [6.45, 7) is 0.419. The standard InChI is InChI=1S/C20H12F3N3O/c21-20(22,23)15-4-5-16-17(10-15)25-18-14(6-7-26(18)19(16)27)9-12-2-1-3-13(8-12)11-24/h1-5,8-10H,6-7H2/b14-9+. The topological polar surface area (TPSA) is 58.7 Å². The van der Waals surface area contributed by atoms with Crippen LogP contribution in [0.1, 0.15) is 28.9 Å². The Kier molecular flexibility index (Phi) is 3.84. The van der Waals surface area contributed by atoms with E-state index in [4.69, 9.17) is 5.26 Å². The lowest BCUT2D eigenvalue weighted by Gasteiger charge is -2.09. The van der Waals surface area contributed by atoms with Crippen LogP contribution in [0.5, 0.6) is 0 Å². The first-order valence-electron chi connectivity index (χ1n) is 8.20. The lowest BCUT2D eigenvalue weighted by molar-refractivity contribution is -0.137. The van der Waals surface area contributed by atoms with E-state index in [-0.39, 0.29) is 16.5 Å². The zero-order chi connectivity index (χ0) is 19.2. The summed E-state index contributed by atoms with van der Waals surface area (Å²) in [5.41, 5.74) is 0.869. The molecule has 27 heavy (non-hydrogen) atoms. The van der Waals surface area contributed by atoms with Crippen molar-refractivity contribution >= 4 is 22.6 Å². The summed E-state index contributed by atoms with van der Waals surface area (Å²) in [6, 6.07) is 12.0. The number of nitrogens with zero attached hydrogens (tertiary/aromatic N) is 3. The molecule has 2 heterocycles. The average Bonchev–Trinajstić information content (AvgIpc) is 3.04. The van der Waals surface area contributed by atoms with Crippen molar-refractivity contribution < 1.29 is 13.2 Å². The fraction of sp³-hybridized carbons (Fsp3) is 0.150. The minimum Gasteiger partial charge on any atom is -0.292 e. The van der Waals surface area contributed by atoms with E-state index >= 15 is 0 Å². The van der Waals surface area contributed by atoms with Crippen molar-refractivity contribution in [1.82, 2.24) is 9.55 Å². The van der Waals surface area contributed by atoms with E-state index in [1.165, 1.54) is 10.6 Å². The number of rotatable bonds is 1. The smallest absolute Gasteiger partial charge is 0.292 e. The summed E-state index contributed by atoms with van der Waals surface area (Å²) in [4.78, 5) is 17.0. The molecule has 1 aromatic heterocycles. The quantitative estimate of drug-likeness (QED) is 0.647. The maximum atomic E-state index is 13.0. The highest BCUT2D eigenvalue weighted by Gasteiger charge is 2.31. The van der Waals surface area contributed by atoms with Gasteiger partial charge in [0.1, 0.15) is 5.82 Å². The minimum atomic E-state index is -4.50. The number of aromatic nitrogens is 2. The van der Waals surface area contributed by atoms with Crippen LogP contribution < -0.4 is 5.56 Å². The third-order valence-electron chi connectivity index (χ3n) is 4.53. The summed E-state index contributed by atoms with van der Waals surface area (Å²) in [7, 11) is 0. The SMILES string of the molecule is N#Cc1cccc(/C=C2\CCn3c2nc2cc(C(F)(F)F)ccc2c3=O)c1. The second-order valence-electron chi connectivity index (χ2n) is 6.28. The molecular formula is C20H12F3N3O. The highest BCUT2D eigenvalue weighted by Crippen LogP contribution is 2.32. The molecule has 0 fully saturated rings. The molecule has 7 heteroatoms. The van der Waals surface area contributed by atoms with Gasteiger partial charge in [0.25, 0.3) is 5.56 Å². The predicted octanol–water partition coefficient (Wildman–Crippen LogP) is 4.23. The maximum Gasteiger partial charge on any atom is 0.416 e. The van der Waals surface area contributed by atoms with Gasteiger partial charge in [-0.15, -0.1) is 0 Å². The molecule has 0 spiro atoms. The predicted molar refractivity (Wildman–Crippen MR) is 94.7 cm³/mol. The summed E-state index contributed by atoms with van der Waals surface area (Å²) in [6.07, 6.45) is -2.14. The van der Waals surface area contributed by atoms with Crippen LogP contribution in [0.4, 0.5) is 13.2 Å². The third-order valence-corrected chi connectivity index (χ3v) is 4.53.